The van der Waals surface area contributed by atoms with Crippen molar-refractivity contribution in [3.05, 3.63) is 36.0 Å². The molecule has 1 rings (SSSR count). The van der Waals surface area contributed by atoms with E-state index < -0.39 is 17.4 Å². The van der Waals surface area contributed by atoms with E-state index in [2.05, 4.69) is 13.2 Å². The van der Waals surface area contributed by atoms with Gasteiger partial charge in [-0.3, -0.25) is 9.59 Å². The normalized spacial score (nSPS) is 18.6. The lowest BCUT2D eigenvalue weighted by Gasteiger charge is -2.27. The first-order valence-corrected chi connectivity index (χ1v) is 6.10. The van der Waals surface area contributed by atoms with Crippen molar-refractivity contribution < 1.29 is 19.1 Å². The molecule has 0 aromatic carbocycles. The summed E-state index contributed by atoms with van der Waals surface area (Å²) in [5.74, 6) is -1.14. The molecule has 0 aromatic heterocycles. The Bertz CT molecular complexity index is 441. The minimum atomic E-state index is -1.30. The summed E-state index contributed by atoms with van der Waals surface area (Å²) in [7, 11) is 2.55. The van der Waals surface area contributed by atoms with E-state index in [0.29, 0.717) is 18.4 Å². The van der Waals surface area contributed by atoms with Crippen LogP contribution in [0.5, 0.6) is 0 Å². The second kappa shape index (κ2) is 5.87. The van der Waals surface area contributed by atoms with Gasteiger partial charge in [-0.1, -0.05) is 24.8 Å². The molecule has 0 aliphatic heterocycles. The number of esters is 2. The van der Waals surface area contributed by atoms with E-state index in [9.17, 15) is 9.59 Å². The molecule has 0 saturated heterocycles. The van der Waals surface area contributed by atoms with Crippen LogP contribution in [0.25, 0.3) is 0 Å². The summed E-state index contributed by atoms with van der Waals surface area (Å²) in [6.45, 7) is 9.67. The summed E-state index contributed by atoms with van der Waals surface area (Å²) >= 11 is 0. The Kier molecular flexibility index (Phi) is 4.70. The van der Waals surface area contributed by atoms with Crippen molar-refractivity contribution in [2.45, 2.75) is 26.2 Å². The molecule has 0 aromatic rings. The van der Waals surface area contributed by atoms with Crippen molar-refractivity contribution in [3.63, 3.8) is 0 Å². The van der Waals surface area contributed by atoms with Crippen LogP contribution in [0, 0.1) is 5.41 Å². The number of methoxy groups -OCH3 is 2. The van der Waals surface area contributed by atoms with E-state index in [4.69, 9.17) is 9.47 Å². The van der Waals surface area contributed by atoms with Gasteiger partial charge in [0, 0.05) is 0 Å². The number of rotatable bonds is 3. The maximum absolute atomic E-state index is 12.1. The van der Waals surface area contributed by atoms with Crippen LogP contribution in [0.2, 0.25) is 0 Å². The largest absolute Gasteiger partial charge is 0.468 e. The number of hydrogen-bond acceptors (Lipinski definition) is 4. The molecule has 0 heterocycles. The molecular formula is C15H20O4. The molecule has 1 aliphatic carbocycles. The number of carbonyl (C=O) groups excluding carboxylic acids is 2. The van der Waals surface area contributed by atoms with E-state index in [1.165, 1.54) is 14.2 Å². The van der Waals surface area contributed by atoms with Crippen LogP contribution in [0.15, 0.2) is 36.0 Å². The van der Waals surface area contributed by atoms with Crippen molar-refractivity contribution in [2.75, 3.05) is 14.2 Å². The maximum atomic E-state index is 12.1. The van der Waals surface area contributed by atoms with Crippen molar-refractivity contribution in [3.8, 4) is 0 Å². The van der Waals surface area contributed by atoms with Gasteiger partial charge < -0.3 is 9.47 Å². The second-order valence-electron chi connectivity index (χ2n) is 4.74. The third-order valence-electron chi connectivity index (χ3n) is 3.64. The van der Waals surface area contributed by atoms with Crippen LogP contribution in [-0.2, 0) is 19.1 Å². The van der Waals surface area contributed by atoms with Crippen LogP contribution in [0.3, 0.4) is 0 Å². The molecule has 0 unspecified atom stereocenters. The molecule has 4 heteroatoms. The first-order chi connectivity index (χ1) is 8.92. The molecule has 0 fully saturated rings. The monoisotopic (exact) mass is 264 g/mol. The van der Waals surface area contributed by atoms with Crippen LogP contribution < -0.4 is 0 Å². The van der Waals surface area contributed by atoms with E-state index in [1.54, 1.807) is 6.08 Å². The fourth-order valence-electron chi connectivity index (χ4n) is 2.53. The van der Waals surface area contributed by atoms with Crippen molar-refractivity contribution in [1.29, 1.82) is 0 Å². The first-order valence-electron chi connectivity index (χ1n) is 6.10. The van der Waals surface area contributed by atoms with Gasteiger partial charge in [-0.2, -0.15) is 0 Å². The lowest BCUT2D eigenvalue weighted by atomic mass is 9.78. The standard InChI is InChI=1S/C15H20O4/c1-6-12-10(2)7-8-15(9-11(12)3,13(16)18-4)14(17)19-5/h6H,1,3,7-9H2,2,4-5H3. The van der Waals surface area contributed by atoms with E-state index in [-0.39, 0.29) is 6.42 Å². The number of hydrogen-bond donors (Lipinski definition) is 0. The molecular weight excluding hydrogens is 244 g/mol. The SMILES string of the molecule is C=CC1=C(C)CCC(C(=O)OC)(C(=O)OC)CC1=C. The maximum Gasteiger partial charge on any atom is 0.323 e. The van der Waals surface area contributed by atoms with Gasteiger partial charge in [0.15, 0.2) is 5.41 Å². The van der Waals surface area contributed by atoms with Crippen molar-refractivity contribution >= 4 is 11.9 Å². The number of carbonyl (C=O) groups is 2. The zero-order valence-electron chi connectivity index (χ0n) is 11.7. The highest BCUT2D eigenvalue weighted by Crippen LogP contribution is 2.41. The predicted octanol–water partition coefficient (Wildman–Crippen LogP) is 2.56. The smallest absolute Gasteiger partial charge is 0.323 e. The molecule has 1 aliphatic rings. The molecule has 19 heavy (non-hydrogen) atoms. The van der Waals surface area contributed by atoms with Crippen LogP contribution in [0.4, 0.5) is 0 Å². The van der Waals surface area contributed by atoms with E-state index >= 15 is 0 Å². The molecule has 0 atom stereocenters. The molecule has 4 nitrogen and oxygen atoms in total. The van der Waals surface area contributed by atoms with E-state index in [1.807, 2.05) is 6.92 Å². The van der Waals surface area contributed by atoms with Gasteiger partial charge in [0.2, 0.25) is 0 Å². The van der Waals surface area contributed by atoms with Crippen LogP contribution in [0.1, 0.15) is 26.2 Å². The highest BCUT2D eigenvalue weighted by atomic mass is 16.5. The number of allylic oxidation sites excluding steroid dienone is 4. The molecule has 0 bridgehead atoms. The Morgan fingerprint density at radius 1 is 1.26 bits per heavy atom. The Hall–Kier alpha value is -1.84. The van der Waals surface area contributed by atoms with Gasteiger partial charge in [0.05, 0.1) is 14.2 Å². The third-order valence-corrected chi connectivity index (χ3v) is 3.64. The van der Waals surface area contributed by atoms with Gasteiger partial charge in [0.25, 0.3) is 0 Å². The van der Waals surface area contributed by atoms with Gasteiger partial charge in [0.1, 0.15) is 0 Å². The molecule has 0 spiro atoms. The first kappa shape index (κ1) is 15.2. The summed E-state index contributed by atoms with van der Waals surface area (Å²) in [5, 5.41) is 0. The molecule has 0 amide bonds. The second-order valence-corrected chi connectivity index (χ2v) is 4.74. The van der Waals surface area contributed by atoms with Gasteiger partial charge >= 0.3 is 11.9 Å². The molecule has 0 N–H and O–H groups in total. The summed E-state index contributed by atoms with van der Waals surface area (Å²) < 4.78 is 9.60. The highest BCUT2D eigenvalue weighted by molar-refractivity contribution is 6.00. The minimum Gasteiger partial charge on any atom is -0.468 e. The average Bonchev–Trinajstić information content (AvgIpc) is 2.54. The Balaban J connectivity index is 3.25. The quantitative estimate of drug-likeness (QED) is 0.580. The van der Waals surface area contributed by atoms with E-state index in [0.717, 1.165) is 11.1 Å². The van der Waals surface area contributed by atoms with Crippen molar-refractivity contribution in [2.24, 2.45) is 5.41 Å². The zero-order valence-corrected chi connectivity index (χ0v) is 11.7. The fourth-order valence-corrected chi connectivity index (χ4v) is 2.53. The van der Waals surface area contributed by atoms with Crippen LogP contribution >= 0.6 is 0 Å². The topological polar surface area (TPSA) is 52.6 Å². The number of ether oxygens (including phenoxy) is 2. The molecule has 104 valence electrons. The van der Waals surface area contributed by atoms with Crippen LogP contribution in [-0.4, -0.2) is 26.2 Å². The zero-order chi connectivity index (χ0) is 14.6. The third kappa shape index (κ3) is 2.62. The van der Waals surface area contributed by atoms with Gasteiger partial charge in [-0.15, -0.1) is 0 Å². The fraction of sp³-hybridized carbons (Fsp3) is 0.467. The Morgan fingerprint density at radius 3 is 2.21 bits per heavy atom. The highest BCUT2D eigenvalue weighted by Gasteiger charge is 2.49. The molecule has 0 radical (unpaired) electrons. The predicted molar refractivity (Wildman–Crippen MR) is 72.4 cm³/mol. The lowest BCUT2D eigenvalue weighted by molar-refractivity contribution is -0.169. The molecule has 0 saturated carbocycles. The van der Waals surface area contributed by atoms with Gasteiger partial charge in [-0.05, 0) is 37.3 Å². The minimum absolute atomic E-state index is 0.199. The Morgan fingerprint density at radius 2 is 1.79 bits per heavy atom. The average molecular weight is 264 g/mol. The van der Waals surface area contributed by atoms with Crippen molar-refractivity contribution in [1.82, 2.24) is 0 Å². The Labute approximate surface area is 113 Å². The van der Waals surface area contributed by atoms with Gasteiger partial charge in [-0.25, -0.2) is 0 Å². The lowest BCUT2D eigenvalue weighted by Crippen LogP contribution is -2.41. The summed E-state index contributed by atoms with van der Waals surface area (Å²) in [5.41, 5.74) is 1.39. The summed E-state index contributed by atoms with van der Waals surface area (Å²) in [6.07, 6.45) is 2.87. The summed E-state index contributed by atoms with van der Waals surface area (Å²) in [6, 6.07) is 0. The summed E-state index contributed by atoms with van der Waals surface area (Å²) in [4.78, 5) is 24.2.